The van der Waals surface area contributed by atoms with Gasteiger partial charge in [0.05, 0.1) is 12.9 Å². The Bertz CT molecular complexity index is 300. The number of imidazole rings is 1. The van der Waals surface area contributed by atoms with Gasteiger partial charge in [-0.2, -0.15) is 0 Å². The Morgan fingerprint density at radius 2 is 2.44 bits per heavy atom. The summed E-state index contributed by atoms with van der Waals surface area (Å²) in [5.74, 6) is -0.422. The highest BCUT2D eigenvalue weighted by Gasteiger charge is 2.15. The van der Waals surface area contributed by atoms with Crippen molar-refractivity contribution in [2.75, 3.05) is 19.8 Å². The molecule has 0 spiro atoms. The van der Waals surface area contributed by atoms with Gasteiger partial charge in [0.2, 0.25) is 0 Å². The number of nitrogens with one attached hydrogen (secondary N) is 1. The summed E-state index contributed by atoms with van der Waals surface area (Å²) in [6.45, 7) is 3.13. The van der Waals surface area contributed by atoms with Crippen LogP contribution in [0.1, 0.15) is 12.6 Å². The van der Waals surface area contributed by atoms with Crippen molar-refractivity contribution in [1.29, 1.82) is 0 Å². The number of esters is 1. The highest BCUT2D eigenvalue weighted by Crippen LogP contribution is 1.98. The number of hydrogen-bond donors (Lipinski definition) is 2. The molecule has 3 N–H and O–H groups in total. The minimum Gasteiger partial charge on any atom is -0.462 e. The van der Waals surface area contributed by atoms with Gasteiger partial charge in [-0.1, -0.05) is 0 Å². The highest BCUT2D eigenvalue weighted by molar-refractivity contribution is 5.75. The van der Waals surface area contributed by atoms with Gasteiger partial charge in [-0.05, 0) is 6.92 Å². The number of carbonyl (C=O) groups excluding carboxylic acids is 1. The lowest BCUT2D eigenvalue weighted by atomic mass is 10.2. The lowest BCUT2D eigenvalue weighted by molar-refractivity contribution is -0.146. The molecule has 0 unspecified atom stereocenters. The zero-order chi connectivity index (χ0) is 11.8. The SMILES string of the molecule is CCOCCOC(=O)[C@H](N)Cc1cnc[nH]1. The molecule has 1 aromatic rings. The van der Waals surface area contributed by atoms with E-state index in [1.807, 2.05) is 6.92 Å². The van der Waals surface area contributed by atoms with E-state index in [1.54, 1.807) is 12.5 Å². The summed E-state index contributed by atoms with van der Waals surface area (Å²) in [6, 6.07) is -0.665. The van der Waals surface area contributed by atoms with Crippen molar-refractivity contribution in [2.24, 2.45) is 5.73 Å². The zero-order valence-corrected chi connectivity index (χ0v) is 9.31. The van der Waals surface area contributed by atoms with Gasteiger partial charge in [0.1, 0.15) is 12.6 Å². The van der Waals surface area contributed by atoms with Gasteiger partial charge < -0.3 is 20.2 Å². The third-order valence-electron chi connectivity index (χ3n) is 1.97. The molecule has 0 aromatic carbocycles. The fraction of sp³-hybridized carbons (Fsp3) is 0.600. The number of nitrogens with two attached hydrogens (primary N) is 1. The van der Waals surface area contributed by atoms with Crippen molar-refractivity contribution in [3.05, 3.63) is 18.2 Å². The molecule has 1 atom stereocenters. The summed E-state index contributed by atoms with van der Waals surface area (Å²) in [4.78, 5) is 18.1. The molecule has 0 saturated carbocycles. The first-order chi connectivity index (χ1) is 7.74. The largest absolute Gasteiger partial charge is 0.462 e. The topological polar surface area (TPSA) is 90.2 Å². The monoisotopic (exact) mass is 227 g/mol. The first-order valence-electron chi connectivity index (χ1n) is 5.21. The Labute approximate surface area is 94.1 Å². The predicted octanol–water partition coefficient (Wildman–Crippen LogP) is -0.141. The lowest BCUT2D eigenvalue weighted by Gasteiger charge is -2.10. The molecule has 0 amide bonds. The molecule has 0 aliphatic rings. The first kappa shape index (κ1) is 12.7. The third-order valence-corrected chi connectivity index (χ3v) is 1.97. The van der Waals surface area contributed by atoms with Gasteiger partial charge in [-0.15, -0.1) is 0 Å². The molecular weight excluding hydrogens is 210 g/mol. The molecule has 0 fully saturated rings. The molecule has 0 bridgehead atoms. The van der Waals surface area contributed by atoms with E-state index in [1.165, 1.54) is 0 Å². The second-order valence-electron chi connectivity index (χ2n) is 3.25. The number of aromatic amines is 1. The molecule has 1 aromatic heterocycles. The number of aromatic nitrogens is 2. The Kier molecular flexibility index (Phi) is 5.52. The van der Waals surface area contributed by atoms with E-state index in [0.29, 0.717) is 19.6 Å². The van der Waals surface area contributed by atoms with Gasteiger partial charge >= 0.3 is 5.97 Å². The van der Waals surface area contributed by atoms with Crippen LogP contribution in [0.4, 0.5) is 0 Å². The maximum absolute atomic E-state index is 11.4. The van der Waals surface area contributed by atoms with Crippen LogP contribution in [0.5, 0.6) is 0 Å². The van der Waals surface area contributed by atoms with Gasteiger partial charge in [0, 0.05) is 24.9 Å². The molecule has 0 radical (unpaired) electrons. The molecule has 1 heterocycles. The second kappa shape index (κ2) is 6.97. The fourth-order valence-corrected chi connectivity index (χ4v) is 1.17. The zero-order valence-electron chi connectivity index (χ0n) is 9.31. The van der Waals surface area contributed by atoms with Crippen LogP contribution in [0.3, 0.4) is 0 Å². The maximum Gasteiger partial charge on any atom is 0.323 e. The Hall–Kier alpha value is -1.40. The molecule has 6 nitrogen and oxygen atoms in total. The van der Waals surface area contributed by atoms with E-state index < -0.39 is 12.0 Å². The minimum atomic E-state index is -0.665. The molecule has 0 aliphatic heterocycles. The number of H-pyrrole nitrogens is 1. The van der Waals surface area contributed by atoms with Gasteiger partial charge in [0.25, 0.3) is 0 Å². The minimum absolute atomic E-state index is 0.239. The standard InChI is InChI=1S/C10H17N3O3/c1-2-15-3-4-16-10(14)9(11)5-8-6-12-7-13-8/h6-7,9H,2-5,11H2,1H3,(H,12,13)/t9-/m1/s1. The van der Waals surface area contributed by atoms with Crippen molar-refractivity contribution in [1.82, 2.24) is 9.97 Å². The van der Waals surface area contributed by atoms with Crippen LogP contribution in [0.2, 0.25) is 0 Å². The summed E-state index contributed by atoms with van der Waals surface area (Å²) in [5.41, 5.74) is 6.47. The van der Waals surface area contributed by atoms with E-state index in [4.69, 9.17) is 15.2 Å². The van der Waals surface area contributed by atoms with Crippen LogP contribution in [0, 0.1) is 0 Å². The molecule has 90 valence electrons. The van der Waals surface area contributed by atoms with Crippen LogP contribution < -0.4 is 5.73 Å². The molecule has 1 rings (SSSR count). The predicted molar refractivity (Wildman–Crippen MR) is 57.7 cm³/mol. The number of ether oxygens (including phenoxy) is 2. The normalized spacial score (nSPS) is 12.4. The van der Waals surface area contributed by atoms with Crippen molar-refractivity contribution in [2.45, 2.75) is 19.4 Å². The molecule has 16 heavy (non-hydrogen) atoms. The average molecular weight is 227 g/mol. The van der Waals surface area contributed by atoms with Gasteiger partial charge in [-0.25, -0.2) is 4.98 Å². The van der Waals surface area contributed by atoms with E-state index in [9.17, 15) is 4.79 Å². The van der Waals surface area contributed by atoms with E-state index in [2.05, 4.69) is 9.97 Å². The van der Waals surface area contributed by atoms with Crippen molar-refractivity contribution < 1.29 is 14.3 Å². The van der Waals surface area contributed by atoms with E-state index >= 15 is 0 Å². The third kappa shape index (κ3) is 4.41. The summed E-state index contributed by atoms with van der Waals surface area (Å²) in [7, 11) is 0. The summed E-state index contributed by atoms with van der Waals surface area (Å²) in [5, 5.41) is 0. The lowest BCUT2D eigenvalue weighted by Crippen LogP contribution is -2.35. The van der Waals surface area contributed by atoms with Crippen LogP contribution in [0.15, 0.2) is 12.5 Å². The Balaban J connectivity index is 2.20. The first-order valence-corrected chi connectivity index (χ1v) is 5.21. The van der Waals surface area contributed by atoms with Crippen LogP contribution in [-0.4, -0.2) is 41.8 Å². The molecule has 0 saturated heterocycles. The number of carbonyl (C=O) groups is 1. The Morgan fingerprint density at radius 1 is 1.62 bits per heavy atom. The summed E-state index contributed by atoms with van der Waals surface area (Å²) in [6.07, 6.45) is 3.57. The van der Waals surface area contributed by atoms with Gasteiger partial charge in [0.15, 0.2) is 0 Å². The van der Waals surface area contributed by atoms with Crippen LogP contribution in [-0.2, 0) is 20.7 Å². The Morgan fingerprint density at radius 3 is 3.06 bits per heavy atom. The van der Waals surface area contributed by atoms with E-state index in [-0.39, 0.29) is 6.61 Å². The molecular formula is C10H17N3O3. The van der Waals surface area contributed by atoms with Crippen molar-refractivity contribution in [3.63, 3.8) is 0 Å². The fourth-order valence-electron chi connectivity index (χ4n) is 1.17. The van der Waals surface area contributed by atoms with Crippen LogP contribution >= 0.6 is 0 Å². The molecule has 0 aliphatic carbocycles. The smallest absolute Gasteiger partial charge is 0.323 e. The average Bonchev–Trinajstić information content (AvgIpc) is 2.76. The van der Waals surface area contributed by atoms with Crippen LogP contribution in [0.25, 0.3) is 0 Å². The number of rotatable bonds is 7. The highest BCUT2D eigenvalue weighted by atomic mass is 16.6. The number of nitrogens with zero attached hydrogens (tertiary/aromatic N) is 1. The van der Waals surface area contributed by atoms with Crippen molar-refractivity contribution in [3.8, 4) is 0 Å². The maximum atomic E-state index is 11.4. The molecule has 6 heteroatoms. The van der Waals surface area contributed by atoms with E-state index in [0.717, 1.165) is 5.69 Å². The summed E-state index contributed by atoms with van der Waals surface area (Å²) >= 11 is 0. The second-order valence-corrected chi connectivity index (χ2v) is 3.25. The number of hydrogen-bond acceptors (Lipinski definition) is 5. The van der Waals surface area contributed by atoms with Crippen molar-refractivity contribution >= 4 is 5.97 Å². The summed E-state index contributed by atoms with van der Waals surface area (Å²) < 4.78 is 9.97. The quantitative estimate of drug-likeness (QED) is 0.500. The van der Waals surface area contributed by atoms with Gasteiger partial charge in [-0.3, -0.25) is 4.79 Å².